The molecule has 1 heterocycles. The standard InChI is InChI=1S/C13H9FN2O/c1-7-4-11-13(12(17)5-7)16-10-6-8(14)2-3-9(10)15-11/h2-6,17H,1H3. The van der Waals surface area contributed by atoms with E-state index in [1.165, 1.54) is 12.1 Å². The summed E-state index contributed by atoms with van der Waals surface area (Å²) >= 11 is 0. The predicted molar refractivity (Wildman–Crippen MR) is 63.4 cm³/mol. The first kappa shape index (κ1) is 9.96. The normalized spacial score (nSPS) is 11.2. The van der Waals surface area contributed by atoms with Crippen LogP contribution in [0.4, 0.5) is 4.39 Å². The number of nitrogens with zero attached hydrogens (tertiary/aromatic N) is 2. The maximum Gasteiger partial charge on any atom is 0.143 e. The summed E-state index contributed by atoms with van der Waals surface area (Å²) in [5, 5.41) is 9.78. The minimum absolute atomic E-state index is 0.0682. The van der Waals surface area contributed by atoms with Crippen LogP contribution in [0.2, 0.25) is 0 Å². The molecule has 0 aliphatic rings. The van der Waals surface area contributed by atoms with E-state index in [0.717, 1.165) is 5.56 Å². The van der Waals surface area contributed by atoms with E-state index in [-0.39, 0.29) is 11.6 Å². The molecule has 0 amide bonds. The number of aromatic nitrogens is 2. The number of phenols is 1. The van der Waals surface area contributed by atoms with Crippen molar-refractivity contribution in [2.75, 3.05) is 0 Å². The average Bonchev–Trinajstić information content (AvgIpc) is 2.27. The summed E-state index contributed by atoms with van der Waals surface area (Å²) in [7, 11) is 0. The van der Waals surface area contributed by atoms with Gasteiger partial charge in [-0.05, 0) is 36.8 Å². The lowest BCUT2D eigenvalue weighted by Gasteiger charge is -2.04. The number of phenolic OH excluding ortho intramolecular Hbond substituents is 1. The predicted octanol–water partition coefficient (Wildman–Crippen LogP) is 2.94. The molecular formula is C13H9FN2O. The monoisotopic (exact) mass is 228 g/mol. The average molecular weight is 228 g/mol. The Bertz CT molecular complexity index is 740. The van der Waals surface area contributed by atoms with Crippen molar-refractivity contribution in [3.8, 4) is 5.75 Å². The molecule has 4 heteroatoms. The van der Waals surface area contributed by atoms with Gasteiger partial charge in [-0.2, -0.15) is 0 Å². The molecule has 0 spiro atoms. The third kappa shape index (κ3) is 1.58. The van der Waals surface area contributed by atoms with Gasteiger partial charge in [0, 0.05) is 6.07 Å². The van der Waals surface area contributed by atoms with Crippen LogP contribution in [-0.2, 0) is 0 Å². The van der Waals surface area contributed by atoms with Crippen LogP contribution >= 0.6 is 0 Å². The highest BCUT2D eigenvalue weighted by atomic mass is 19.1. The van der Waals surface area contributed by atoms with Gasteiger partial charge in [-0.15, -0.1) is 0 Å². The Balaban J connectivity index is 2.48. The van der Waals surface area contributed by atoms with Crippen LogP contribution in [0.5, 0.6) is 5.75 Å². The van der Waals surface area contributed by atoms with Gasteiger partial charge >= 0.3 is 0 Å². The molecule has 84 valence electrons. The molecule has 0 radical (unpaired) electrons. The van der Waals surface area contributed by atoms with Crippen LogP contribution in [0.25, 0.3) is 22.1 Å². The minimum Gasteiger partial charge on any atom is -0.506 e. The second kappa shape index (κ2) is 3.38. The molecule has 3 nitrogen and oxygen atoms in total. The fraction of sp³-hybridized carbons (Fsp3) is 0.0769. The Morgan fingerprint density at radius 3 is 2.65 bits per heavy atom. The second-order valence-electron chi connectivity index (χ2n) is 4.01. The molecule has 0 fully saturated rings. The smallest absolute Gasteiger partial charge is 0.143 e. The van der Waals surface area contributed by atoms with Crippen LogP contribution in [0.1, 0.15) is 5.56 Å². The Morgan fingerprint density at radius 2 is 1.82 bits per heavy atom. The number of aromatic hydroxyl groups is 1. The van der Waals surface area contributed by atoms with E-state index in [0.29, 0.717) is 22.1 Å². The summed E-state index contributed by atoms with van der Waals surface area (Å²) in [5.74, 6) is -0.295. The molecule has 0 saturated heterocycles. The van der Waals surface area contributed by atoms with Gasteiger partial charge in [0.1, 0.15) is 17.1 Å². The summed E-state index contributed by atoms with van der Waals surface area (Å²) in [6, 6.07) is 7.68. The van der Waals surface area contributed by atoms with Crippen molar-refractivity contribution in [1.29, 1.82) is 0 Å². The minimum atomic E-state index is -0.363. The highest BCUT2D eigenvalue weighted by Crippen LogP contribution is 2.25. The van der Waals surface area contributed by atoms with Gasteiger partial charge in [0.2, 0.25) is 0 Å². The molecule has 1 N–H and O–H groups in total. The first-order valence-corrected chi connectivity index (χ1v) is 5.20. The molecular weight excluding hydrogens is 219 g/mol. The molecule has 0 aliphatic heterocycles. The first-order valence-electron chi connectivity index (χ1n) is 5.20. The Labute approximate surface area is 96.6 Å². The van der Waals surface area contributed by atoms with Gasteiger partial charge in [0.15, 0.2) is 0 Å². The molecule has 0 aliphatic carbocycles. The van der Waals surface area contributed by atoms with Crippen LogP contribution in [-0.4, -0.2) is 15.1 Å². The van der Waals surface area contributed by atoms with Gasteiger partial charge < -0.3 is 5.11 Å². The molecule has 2 aromatic carbocycles. The SMILES string of the molecule is Cc1cc(O)c2nc3cc(F)ccc3nc2c1. The lowest BCUT2D eigenvalue weighted by molar-refractivity contribution is 0.480. The van der Waals surface area contributed by atoms with Crippen molar-refractivity contribution in [2.24, 2.45) is 0 Å². The third-order valence-corrected chi connectivity index (χ3v) is 2.62. The fourth-order valence-corrected chi connectivity index (χ4v) is 1.87. The zero-order chi connectivity index (χ0) is 12.0. The van der Waals surface area contributed by atoms with Crippen LogP contribution < -0.4 is 0 Å². The largest absolute Gasteiger partial charge is 0.506 e. The van der Waals surface area contributed by atoms with Gasteiger partial charge in [0.05, 0.1) is 16.6 Å². The van der Waals surface area contributed by atoms with Crippen molar-refractivity contribution in [2.45, 2.75) is 6.92 Å². The summed E-state index contributed by atoms with van der Waals surface area (Å²) in [4.78, 5) is 8.58. The van der Waals surface area contributed by atoms with E-state index in [2.05, 4.69) is 9.97 Å². The molecule has 3 aromatic rings. The molecule has 3 rings (SSSR count). The van der Waals surface area contributed by atoms with E-state index in [9.17, 15) is 9.50 Å². The van der Waals surface area contributed by atoms with Gasteiger partial charge in [-0.25, -0.2) is 14.4 Å². The molecule has 1 aromatic heterocycles. The number of rotatable bonds is 0. The van der Waals surface area contributed by atoms with Crippen molar-refractivity contribution in [3.05, 3.63) is 41.7 Å². The molecule has 17 heavy (non-hydrogen) atoms. The second-order valence-corrected chi connectivity index (χ2v) is 4.01. The molecule has 0 bridgehead atoms. The summed E-state index contributed by atoms with van der Waals surface area (Å²) in [6.45, 7) is 1.87. The zero-order valence-corrected chi connectivity index (χ0v) is 9.11. The number of aryl methyl sites for hydroxylation is 1. The molecule has 0 saturated carbocycles. The Hall–Kier alpha value is -2.23. The first-order chi connectivity index (χ1) is 8.13. The van der Waals surface area contributed by atoms with Gasteiger partial charge in [0.25, 0.3) is 0 Å². The third-order valence-electron chi connectivity index (χ3n) is 2.62. The Morgan fingerprint density at radius 1 is 1.00 bits per heavy atom. The van der Waals surface area contributed by atoms with Crippen molar-refractivity contribution in [3.63, 3.8) is 0 Å². The topological polar surface area (TPSA) is 46.0 Å². The van der Waals surface area contributed by atoms with E-state index in [1.807, 2.05) is 13.0 Å². The maximum atomic E-state index is 13.1. The number of fused-ring (bicyclic) bond motifs is 2. The fourth-order valence-electron chi connectivity index (χ4n) is 1.87. The number of hydrogen-bond donors (Lipinski definition) is 1. The van der Waals surface area contributed by atoms with Crippen molar-refractivity contribution in [1.82, 2.24) is 9.97 Å². The van der Waals surface area contributed by atoms with E-state index in [4.69, 9.17) is 0 Å². The zero-order valence-electron chi connectivity index (χ0n) is 9.11. The number of halogens is 1. The summed E-state index contributed by atoms with van der Waals surface area (Å²) in [5.41, 5.74) is 2.97. The summed E-state index contributed by atoms with van der Waals surface area (Å²) in [6.07, 6.45) is 0. The highest BCUT2D eigenvalue weighted by molar-refractivity contribution is 5.89. The lowest BCUT2D eigenvalue weighted by Crippen LogP contribution is -1.89. The highest BCUT2D eigenvalue weighted by Gasteiger charge is 2.07. The van der Waals surface area contributed by atoms with Crippen LogP contribution in [0.15, 0.2) is 30.3 Å². The van der Waals surface area contributed by atoms with E-state index in [1.54, 1.807) is 12.1 Å². The van der Waals surface area contributed by atoms with Crippen molar-refractivity contribution < 1.29 is 9.50 Å². The van der Waals surface area contributed by atoms with Crippen molar-refractivity contribution >= 4 is 22.1 Å². The van der Waals surface area contributed by atoms with E-state index >= 15 is 0 Å². The summed E-state index contributed by atoms with van der Waals surface area (Å²) < 4.78 is 13.1. The quantitative estimate of drug-likeness (QED) is 0.602. The van der Waals surface area contributed by atoms with Crippen LogP contribution in [0.3, 0.4) is 0 Å². The molecule has 0 unspecified atom stereocenters. The Kier molecular flexibility index (Phi) is 1.98. The van der Waals surface area contributed by atoms with E-state index < -0.39 is 0 Å². The maximum absolute atomic E-state index is 13.1. The van der Waals surface area contributed by atoms with Crippen LogP contribution in [0, 0.1) is 12.7 Å². The number of hydrogen-bond acceptors (Lipinski definition) is 3. The lowest BCUT2D eigenvalue weighted by atomic mass is 10.2. The van der Waals surface area contributed by atoms with Gasteiger partial charge in [-0.3, -0.25) is 0 Å². The van der Waals surface area contributed by atoms with Gasteiger partial charge in [-0.1, -0.05) is 0 Å². The molecule has 0 atom stereocenters. The number of benzene rings is 2.